The van der Waals surface area contributed by atoms with Crippen LogP contribution in [0.3, 0.4) is 0 Å². The predicted octanol–water partition coefficient (Wildman–Crippen LogP) is 1.72. The average Bonchev–Trinajstić information content (AvgIpc) is 3.28. The maximum absolute atomic E-state index is 12.5. The van der Waals surface area contributed by atoms with Crippen molar-refractivity contribution in [2.45, 2.75) is 19.4 Å². The molecule has 3 heterocycles. The smallest absolute Gasteiger partial charge is 0.319 e. The minimum absolute atomic E-state index is 0.0184. The van der Waals surface area contributed by atoms with E-state index in [2.05, 4.69) is 15.8 Å². The van der Waals surface area contributed by atoms with Gasteiger partial charge in [-0.25, -0.2) is 4.79 Å². The zero-order chi connectivity index (χ0) is 19.7. The van der Waals surface area contributed by atoms with Crippen molar-refractivity contribution in [3.05, 3.63) is 35.7 Å². The van der Waals surface area contributed by atoms with E-state index in [1.807, 2.05) is 13.0 Å². The van der Waals surface area contributed by atoms with Crippen molar-refractivity contribution in [2.24, 2.45) is 5.92 Å². The van der Waals surface area contributed by atoms with Crippen LogP contribution < -0.4 is 20.3 Å². The van der Waals surface area contributed by atoms with Gasteiger partial charge in [0.05, 0.1) is 30.6 Å². The summed E-state index contributed by atoms with van der Waals surface area (Å²) >= 11 is 0. The van der Waals surface area contributed by atoms with Crippen LogP contribution in [0.4, 0.5) is 16.2 Å². The van der Waals surface area contributed by atoms with Crippen molar-refractivity contribution in [3.8, 4) is 5.75 Å². The van der Waals surface area contributed by atoms with Gasteiger partial charge in [0.2, 0.25) is 0 Å². The number of hydrogen-bond acceptors (Lipinski definition) is 6. The number of nitrogens with zero attached hydrogens (tertiary/aromatic N) is 2. The second-order valence-electron chi connectivity index (χ2n) is 7.07. The van der Waals surface area contributed by atoms with Crippen molar-refractivity contribution in [1.29, 1.82) is 0 Å². The number of amides is 3. The molecule has 3 amide bonds. The molecule has 0 unspecified atom stereocenters. The molecular formula is C19H22N4O5. The first-order valence-corrected chi connectivity index (χ1v) is 9.10. The van der Waals surface area contributed by atoms with Crippen LogP contribution in [0.25, 0.3) is 0 Å². The lowest BCUT2D eigenvalue weighted by Crippen LogP contribution is -2.42. The molecule has 1 fully saturated rings. The molecular weight excluding hydrogens is 364 g/mol. The SMILES string of the molecule is Cc1cc(C[C@@H]2COC[C@@H]2NC(=O)Nc2ccc3c(c2)N(C)C(=O)CO3)on1. The van der Waals surface area contributed by atoms with Gasteiger partial charge in [0.25, 0.3) is 5.91 Å². The summed E-state index contributed by atoms with van der Waals surface area (Å²) in [6.07, 6.45) is 0.648. The van der Waals surface area contributed by atoms with Crippen molar-refractivity contribution < 1.29 is 23.6 Å². The minimum Gasteiger partial charge on any atom is -0.482 e. The van der Waals surface area contributed by atoms with E-state index in [4.69, 9.17) is 14.0 Å². The summed E-state index contributed by atoms with van der Waals surface area (Å²) in [4.78, 5) is 25.8. The van der Waals surface area contributed by atoms with E-state index in [9.17, 15) is 9.59 Å². The number of fused-ring (bicyclic) bond motifs is 1. The second-order valence-corrected chi connectivity index (χ2v) is 7.07. The van der Waals surface area contributed by atoms with Gasteiger partial charge < -0.3 is 29.5 Å². The normalized spacial score (nSPS) is 21.2. The third-order valence-electron chi connectivity index (χ3n) is 4.96. The quantitative estimate of drug-likeness (QED) is 0.829. The Labute approximate surface area is 162 Å². The topological polar surface area (TPSA) is 106 Å². The number of aryl methyl sites for hydroxylation is 1. The van der Waals surface area contributed by atoms with Gasteiger partial charge in [-0.1, -0.05) is 5.16 Å². The Bertz CT molecular complexity index is 896. The minimum atomic E-state index is -0.333. The number of likely N-dealkylation sites (N-methyl/N-ethyl adjacent to an activating group) is 1. The first kappa shape index (κ1) is 18.3. The molecule has 2 N–H and O–H groups in total. The average molecular weight is 386 g/mol. The molecule has 0 bridgehead atoms. The second kappa shape index (κ2) is 7.51. The summed E-state index contributed by atoms with van der Waals surface area (Å²) < 4.78 is 16.2. The number of benzene rings is 1. The van der Waals surface area contributed by atoms with Gasteiger partial charge in [0, 0.05) is 31.1 Å². The molecule has 2 atom stereocenters. The first-order valence-electron chi connectivity index (χ1n) is 9.10. The molecule has 0 aliphatic carbocycles. The van der Waals surface area contributed by atoms with Crippen molar-refractivity contribution in [2.75, 3.05) is 37.1 Å². The Kier molecular flexibility index (Phi) is 4.91. The van der Waals surface area contributed by atoms with E-state index in [1.54, 1.807) is 25.2 Å². The highest BCUT2D eigenvalue weighted by molar-refractivity contribution is 5.99. The predicted molar refractivity (Wildman–Crippen MR) is 101 cm³/mol. The first-order chi connectivity index (χ1) is 13.5. The largest absolute Gasteiger partial charge is 0.482 e. The molecule has 0 spiro atoms. The van der Waals surface area contributed by atoms with Crippen LogP contribution in [-0.2, 0) is 16.0 Å². The van der Waals surface area contributed by atoms with Crippen molar-refractivity contribution in [1.82, 2.24) is 10.5 Å². The van der Waals surface area contributed by atoms with Crippen LogP contribution in [0.1, 0.15) is 11.5 Å². The van der Waals surface area contributed by atoms with Crippen LogP contribution in [0, 0.1) is 12.8 Å². The molecule has 1 aromatic carbocycles. The fourth-order valence-electron chi connectivity index (χ4n) is 3.42. The molecule has 9 heteroatoms. The van der Waals surface area contributed by atoms with E-state index >= 15 is 0 Å². The third kappa shape index (κ3) is 3.79. The Balaban J connectivity index is 1.38. The molecule has 0 saturated carbocycles. The van der Waals surface area contributed by atoms with Crippen LogP contribution in [0.2, 0.25) is 0 Å². The van der Waals surface area contributed by atoms with E-state index < -0.39 is 0 Å². The van der Waals surface area contributed by atoms with E-state index in [-0.39, 0.29) is 30.5 Å². The van der Waals surface area contributed by atoms with Crippen molar-refractivity contribution in [3.63, 3.8) is 0 Å². The number of hydrogen-bond donors (Lipinski definition) is 2. The monoisotopic (exact) mass is 386 g/mol. The zero-order valence-electron chi connectivity index (χ0n) is 15.7. The summed E-state index contributed by atoms with van der Waals surface area (Å²) in [5.41, 5.74) is 2.02. The molecule has 0 radical (unpaired) electrons. The van der Waals surface area contributed by atoms with Gasteiger partial charge in [0.15, 0.2) is 6.61 Å². The van der Waals surface area contributed by atoms with Crippen LogP contribution >= 0.6 is 0 Å². The number of rotatable bonds is 4. The number of carbonyl (C=O) groups excluding carboxylic acids is 2. The number of ether oxygens (including phenoxy) is 2. The molecule has 1 aromatic heterocycles. The highest BCUT2D eigenvalue weighted by Crippen LogP contribution is 2.33. The third-order valence-corrected chi connectivity index (χ3v) is 4.96. The Hall–Kier alpha value is -3.07. The fraction of sp³-hybridized carbons (Fsp3) is 0.421. The van der Waals surface area contributed by atoms with E-state index in [1.165, 1.54) is 4.90 Å². The number of carbonyl (C=O) groups is 2. The molecule has 2 aliphatic heterocycles. The number of nitrogens with one attached hydrogen (secondary N) is 2. The molecule has 9 nitrogen and oxygen atoms in total. The van der Waals surface area contributed by atoms with Gasteiger partial charge in [-0.15, -0.1) is 0 Å². The lowest BCUT2D eigenvalue weighted by atomic mass is 9.98. The van der Waals surface area contributed by atoms with Gasteiger partial charge in [-0.05, 0) is 25.1 Å². The highest BCUT2D eigenvalue weighted by Gasteiger charge is 2.31. The maximum Gasteiger partial charge on any atom is 0.319 e. The Morgan fingerprint density at radius 1 is 1.32 bits per heavy atom. The molecule has 2 aliphatic rings. The zero-order valence-corrected chi connectivity index (χ0v) is 15.7. The maximum atomic E-state index is 12.5. The Morgan fingerprint density at radius 2 is 2.18 bits per heavy atom. The van der Waals surface area contributed by atoms with Gasteiger partial charge in [0.1, 0.15) is 11.5 Å². The molecule has 2 aromatic rings. The van der Waals surface area contributed by atoms with Gasteiger partial charge in [-0.3, -0.25) is 4.79 Å². The molecule has 148 valence electrons. The summed E-state index contributed by atoms with van der Waals surface area (Å²) in [5, 5.41) is 9.66. The van der Waals surface area contributed by atoms with Crippen molar-refractivity contribution >= 4 is 23.3 Å². The number of anilines is 2. The van der Waals surface area contributed by atoms with Crippen LogP contribution in [0.5, 0.6) is 5.75 Å². The Morgan fingerprint density at radius 3 is 2.96 bits per heavy atom. The summed E-state index contributed by atoms with van der Waals surface area (Å²) in [6.45, 7) is 2.88. The van der Waals surface area contributed by atoms with E-state index in [0.29, 0.717) is 36.8 Å². The number of aromatic nitrogens is 1. The summed E-state index contributed by atoms with van der Waals surface area (Å²) in [6, 6.07) is 6.62. The van der Waals surface area contributed by atoms with E-state index in [0.717, 1.165) is 11.5 Å². The standard InChI is InChI=1S/C19H22N4O5/c1-11-5-14(28-22-11)6-12-8-26-9-15(12)21-19(25)20-13-3-4-17-16(7-13)23(2)18(24)10-27-17/h3-5,7,12,15H,6,8-10H2,1-2H3,(H2,20,21,25)/t12-,15+/m1/s1. The lowest BCUT2D eigenvalue weighted by Gasteiger charge is -2.26. The highest BCUT2D eigenvalue weighted by atomic mass is 16.5. The molecule has 4 rings (SSSR count). The van der Waals surface area contributed by atoms with Crippen LogP contribution in [0.15, 0.2) is 28.8 Å². The van der Waals surface area contributed by atoms with Crippen LogP contribution in [-0.4, -0.2) is 50.0 Å². The summed E-state index contributed by atoms with van der Waals surface area (Å²) in [5.74, 6) is 1.36. The molecule has 1 saturated heterocycles. The summed E-state index contributed by atoms with van der Waals surface area (Å²) in [7, 11) is 1.68. The lowest BCUT2D eigenvalue weighted by molar-refractivity contribution is -0.120. The fourth-order valence-corrected chi connectivity index (χ4v) is 3.42. The van der Waals surface area contributed by atoms with Gasteiger partial charge in [-0.2, -0.15) is 0 Å². The van der Waals surface area contributed by atoms with Gasteiger partial charge >= 0.3 is 6.03 Å². The molecule has 28 heavy (non-hydrogen) atoms. The number of urea groups is 1.